The van der Waals surface area contributed by atoms with Crippen LogP contribution >= 0.6 is 0 Å². The first-order valence-electron chi connectivity index (χ1n) is 5.53. The molecule has 90 valence electrons. The molecule has 0 radical (unpaired) electrons. The number of para-hydroxylation sites is 1. The summed E-state index contributed by atoms with van der Waals surface area (Å²) >= 11 is 0. The van der Waals surface area contributed by atoms with Crippen molar-refractivity contribution < 1.29 is 9.84 Å². The Labute approximate surface area is 102 Å². The van der Waals surface area contributed by atoms with E-state index in [9.17, 15) is 9.90 Å². The second-order valence-electron chi connectivity index (χ2n) is 4.04. The monoisotopic (exact) mass is 241 g/mol. The highest BCUT2D eigenvalue weighted by molar-refractivity contribution is 5.97. The van der Waals surface area contributed by atoms with Crippen molar-refractivity contribution in [3.05, 3.63) is 46.6 Å². The quantitative estimate of drug-likeness (QED) is 0.643. The number of fused-ring (bicyclic) bond motifs is 2. The van der Waals surface area contributed by atoms with E-state index in [4.69, 9.17) is 4.74 Å². The van der Waals surface area contributed by atoms with Crippen LogP contribution < -0.4 is 10.2 Å². The van der Waals surface area contributed by atoms with Gasteiger partial charge in [0.1, 0.15) is 11.5 Å². The molecule has 1 heterocycles. The predicted octanol–water partition coefficient (Wildman–Crippen LogP) is 2.40. The molecule has 0 bridgehead atoms. The van der Waals surface area contributed by atoms with E-state index in [0.29, 0.717) is 27.6 Å². The minimum Gasteiger partial charge on any atom is -0.507 e. The van der Waals surface area contributed by atoms with Gasteiger partial charge in [0.2, 0.25) is 5.43 Å². The molecule has 4 heteroatoms. The van der Waals surface area contributed by atoms with Gasteiger partial charge < -0.3 is 14.8 Å². The molecule has 0 spiro atoms. The molecular weight excluding hydrogens is 230 g/mol. The van der Waals surface area contributed by atoms with Gasteiger partial charge in [0, 0.05) is 0 Å². The van der Waals surface area contributed by atoms with Crippen molar-refractivity contribution in [3.63, 3.8) is 0 Å². The van der Waals surface area contributed by atoms with Crippen molar-refractivity contribution in [3.8, 4) is 11.5 Å². The van der Waals surface area contributed by atoms with Crippen LogP contribution in [0.5, 0.6) is 11.5 Å². The van der Waals surface area contributed by atoms with Gasteiger partial charge >= 0.3 is 0 Å². The van der Waals surface area contributed by atoms with Crippen LogP contribution in [0.2, 0.25) is 0 Å². The summed E-state index contributed by atoms with van der Waals surface area (Å²) in [6.45, 7) is 0. The summed E-state index contributed by atoms with van der Waals surface area (Å²) < 4.78 is 5.23. The highest BCUT2D eigenvalue weighted by Crippen LogP contribution is 2.26. The molecule has 18 heavy (non-hydrogen) atoms. The lowest BCUT2D eigenvalue weighted by Crippen LogP contribution is -2.05. The normalized spacial score (nSPS) is 10.9. The van der Waals surface area contributed by atoms with Crippen LogP contribution in [-0.2, 0) is 0 Å². The molecule has 4 nitrogen and oxygen atoms in total. The van der Waals surface area contributed by atoms with E-state index < -0.39 is 0 Å². The Kier molecular flexibility index (Phi) is 2.23. The van der Waals surface area contributed by atoms with Gasteiger partial charge in [-0.05, 0) is 24.3 Å². The van der Waals surface area contributed by atoms with Crippen molar-refractivity contribution in [1.82, 2.24) is 4.98 Å². The summed E-state index contributed by atoms with van der Waals surface area (Å²) in [6, 6.07) is 10.2. The second kappa shape index (κ2) is 3.77. The van der Waals surface area contributed by atoms with Crippen molar-refractivity contribution in [2.75, 3.05) is 7.11 Å². The minimum atomic E-state index is -0.198. The Morgan fingerprint density at radius 2 is 1.94 bits per heavy atom. The summed E-state index contributed by atoms with van der Waals surface area (Å²) in [4.78, 5) is 15.5. The van der Waals surface area contributed by atoms with Crippen molar-refractivity contribution >= 4 is 21.8 Å². The molecule has 0 atom stereocenters. The van der Waals surface area contributed by atoms with Crippen molar-refractivity contribution in [2.45, 2.75) is 0 Å². The number of methoxy groups -OCH3 is 1. The topological polar surface area (TPSA) is 62.3 Å². The number of hydrogen-bond donors (Lipinski definition) is 2. The van der Waals surface area contributed by atoms with Crippen LogP contribution in [-0.4, -0.2) is 17.2 Å². The summed E-state index contributed by atoms with van der Waals surface area (Å²) in [6.07, 6.45) is 0. The summed E-state index contributed by atoms with van der Waals surface area (Å²) in [5.41, 5.74) is 1.04. The van der Waals surface area contributed by atoms with E-state index in [0.717, 1.165) is 0 Å². The smallest absolute Gasteiger partial charge is 0.201 e. The second-order valence-corrected chi connectivity index (χ2v) is 4.04. The standard InChI is InChI=1S/C14H11NO3/c1-18-11-7-2-4-8-13(11)15-9-5-3-6-10(16)12(9)14(8)17/h2-7,16H,1H3,(H,15,17). The Balaban J connectivity index is 2.61. The first-order valence-corrected chi connectivity index (χ1v) is 5.53. The fourth-order valence-electron chi connectivity index (χ4n) is 2.17. The minimum absolute atomic E-state index is 0.0153. The van der Waals surface area contributed by atoms with Crippen LogP contribution in [0.15, 0.2) is 41.2 Å². The number of aromatic hydroxyl groups is 1. The molecule has 2 N–H and O–H groups in total. The van der Waals surface area contributed by atoms with Gasteiger partial charge in [0.25, 0.3) is 0 Å². The van der Waals surface area contributed by atoms with Crippen LogP contribution in [0, 0.1) is 0 Å². The third-order valence-corrected chi connectivity index (χ3v) is 3.02. The molecule has 0 saturated heterocycles. The van der Waals surface area contributed by atoms with Crippen molar-refractivity contribution in [2.24, 2.45) is 0 Å². The number of phenolic OH excluding ortho intramolecular Hbond substituents is 1. The van der Waals surface area contributed by atoms with E-state index in [-0.39, 0.29) is 11.2 Å². The van der Waals surface area contributed by atoms with Gasteiger partial charge in [0.05, 0.1) is 28.9 Å². The molecule has 3 rings (SSSR count). The van der Waals surface area contributed by atoms with Gasteiger partial charge in [-0.3, -0.25) is 4.79 Å². The van der Waals surface area contributed by atoms with E-state index >= 15 is 0 Å². The van der Waals surface area contributed by atoms with Gasteiger partial charge in [-0.2, -0.15) is 0 Å². The summed E-state index contributed by atoms with van der Waals surface area (Å²) in [5.74, 6) is 0.591. The fourth-order valence-corrected chi connectivity index (χ4v) is 2.17. The average molecular weight is 241 g/mol. The van der Waals surface area contributed by atoms with Gasteiger partial charge in [0.15, 0.2) is 0 Å². The van der Waals surface area contributed by atoms with E-state index in [1.807, 2.05) is 0 Å². The zero-order valence-corrected chi connectivity index (χ0v) is 9.73. The lowest BCUT2D eigenvalue weighted by Gasteiger charge is -2.07. The van der Waals surface area contributed by atoms with Gasteiger partial charge in [-0.15, -0.1) is 0 Å². The van der Waals surface area contributed by atoms with E-state index in [2.05, 4.69) is 4.98 Å². The van der Waals surface area contributed by atoms with Crippen LogP contribution in [0.3, 0.4) is 0 Å². The molecule has 3 aromatic rings. The third-order valence-electron chi connectivity index (χ3n) is 3.02. The third kappa shape index (κ3) is 1.35. The zero-order chi connectivity index (χ0) is 12.7. The zero-order valence-electron chi connectivity index (χ0n) is 9.73. The number of H-pyrrole nitrogens is 1. The van der Waals surface area contributed by atoms with E-state index in [1.165, 1.54) is 6.07 Å². The summed E-state index contributed by atoms with van der Waals surface area (Å²) in [7, 11) is 1.56. The maximum Gasteiger partial charge on any atom is 0.201 e. The molecule has 0 aliphatic heterocycles. The Hall–Kier alpha value is -2.49. The number of phenols is 1. The number of ether oxygens (including phenoxy) is 1. The molecule has 0 unspecified atom stereocenters. The highest BCUT2D eigenvalue weighted by Gasteiger charge is 2.11. The molecule has 2 aromatic carbocycles. The fraction of sp³-hybridized carbons (Fsp3) is 0.0714. The van der Waals surface area contributed by atoms with Crippen LogP contribution in [0.4, 0.5) is 0 Å². The molecule has 0 fully saturated rings. The highest BCUT2D eigenvalue weighted by atomic mass is 16.5. The molecular formula is C14H11NO3. The van der Waals surface area contributed by atoms with Gasteiger partial charge in [-0.25, -0.2) is 0 Å². The number of aromatic amines is 1. The van der Waals surface area contributed by atoms with Crippen LogP contribution in [0.1, 0.15) is 0 Å². The molecule has 0 aliphatic rings. The maximum atomic E-state index is 12.3. The largest absolute Gasteiger partial charge is 0.507 e. The number of pyridine rings is 1. The molecule has 1 aromatic heterocycles. The van der Waals surface area contributed by atoms with E-state index in [1.54, 1.807) is 37.4 Å². The Morgan fingerprint density at radius 3 is 2.72 bits per heavy atom. The molecule has 0 amide bonds. The number of benzene rings is 2. The van der Waals surface area contributed by atoms with Crippen LogP contribution in [0.25, 0.3) is 21.8 Å². The number of rotatable bonds is 1. The number of nitrogens with one attached hydrogen (secondary N) is 1. The number of aromatic nitrogens is 1. The number of hydrogen-bond acceptors (Lipinski definition) is 3. The predicted molar refractivity (Wildman–Crippen MR) is 70.3 cm³/mol. The Morgan fingerprint density at radius 1 is 1.17 bits per heavy atom. The molecule has 0 saturated carbocycles. The van der Waals surface area contributed by atoms with Gasteiger partial charge in [-0.1, -0.05) is 12.1 Å². The average Bonchev–Trinajstić information content (AvgIpc) is 2.38. The lowest BCUT2D eigenvalue weighted by molar-refractivity contribution is 0.419. The Bertz CT molecular complexity index is 805. The maximum absolute atomic E-state index is 12.3. The summed E-state index contributed by atoms with van der Waals surface area (Å²) in [5, 5.41) is 10.6. The first kappa shape index (κ1) is 10.7. The SMILES string of the molecule is COc1cccc2c(=O)c3c(O)cccc3[nH]c12. The first-order chi connectivity index (χ1) is 8.72. The molecule has 0 aliphatic carbocycles. The lowest BCUT2D eigenvalue weighted by atomic mass is 10.1. The van der Waals surface area contributed by atoms with Crippen molar-refractivity contribution in [1.29, 1.82) is 0 Å².